The lowest BCUT2D eigenvalue weighted by Gasteiger charge is -2.14. The largest absolute Gasteiger partial charge is 0.465 e. The number of ether oxygens (including phenoxy) is 1. The standard InChI is InChI=1S/C22H22N6O4/c1-3-24-22(31)28-19-11-18(26-15-7-4-6-14(10-15)21(30)32-2)17(13-25-19)20(29)27-16-8-5-9-23-12-16/h4-13H,3H2,1-2H3,(H,27,29)(H3,24,25,26,28,31). The number of rotatable bonds is 7. The summed E-state index contributed by atoms with van der Waals surface area (Å²) in [5.41, 5.74) is 1.99. The molecule has 4 N–H and O–H groups in total. The van der Waals surface area contributed by atoms with Crippen LogP contribution >= 0.6 is 0 Å². The zero-order valence-corrected chi connectivity index (χ0v) is 17.5. The number of aromatic nitrogens is 2. The van der Waals surface area contributed by atoms with E-state index in [9.17, 15) is 14.4 Å². The highest BCUT2D eigenvalue weighted by Crippen LogP contribution is 2.25. The Morgan fingerprint density at radius 1 is 1.00 bits per heavy atom. The van der Waals surface area contributed by atoms with Crippen molar-refractivity contribution in [1.29, 1.82) is 0 Å². The normalized spacial score (nSPS) is 10.1. The summed E-state index contributed by atoms with van der Waals surface area (Å²) in [6.45, 7) is 2.24. The van der Waals surface area contributed by atoms with Gasteiger partial charge in [0.05, 0.1) is 35.8 Å². The van der Waals surface area contributed by atoms with Gasteiger partial charge in [0.1, 0.15) is 5.82 Å². The number of methoxy groups -OCH3 is 1. The number of hydrogen-bond acceptors (Lipinski definition) is 7. The van der Waals surface area contributed by atoms with Gasteiger partial charge in [-0.15, -0.1) is 0 Å². The van der Waals surface area contributed by atoms with E-state index in [1.54, 1.807) is 49.5 Å². The number of anilines is 4. The van der Waals surface area contributed by atoms with Gasteiger partial charge in [-0.05, 0) is 37.3 Å². The molecule has 0 aliphatic heterocycles. The van der Waals surface area contributed by atoms with Gasteiger partial charge in [0.15, 0.2) is 0 Å². The van der Waals surface area contributed by atoms with Crippen molar-refractivity contribution >= 4 is 40.8 Å². The van der Waals surface area contributed by atoms with E-state index in [2.05, 4.69) is 31.2 Å². The van der Waals surface area contributed by atoms with Crippen LogP contribution in [0.1, 0.15) is 27.6 Å². The van der Waals surface area contributed by atoms with Gasteiger partial charge in [-0.3, -0.25) is 15.1 Å². The Bertz CT molecular complexity index is 1120. The number of urea groups is 1. The first-order chi connectivity index (χ1) is 15.5. The maximum absolute atomic E-state index is 12.9. The first-order valence-electron chi connectivity index (χ1n) is 9.72. The minimum Gasteiger partial charge on any atom is -0.465 e. The lowest BCUT2D eigenvalue weighted by molar-refractivity contribution is 0.0600. The molecular weight excluding hydrogens is 412 g/mol. The Morgan fingerprint density at radius 2 is 1.81 bits per heavy atom. The molecule has 32 heavy (non-hydrogen) atoms. The fourth-order valence-corrected chi connectivity index (χ4v) is 2.76. The number of amides is 3. The predicted molar refractivity (Wildman–Crippen MR) is 120 cm³/mol. The molecule has 3 aromatic rings. The van der Waals surface area contributed by atoms with Gasteiger partial charge in [0.25, 0.3) is 5.91 Å². The summed E-state index contributed by atoms with van der Waals surface area (Å²) < 4.78 is 4.75. The van der Waals surface area contributed by atoms with Gasteiger partial charge in [-0.25, -0.2) is 14.6 Å². The molecule has 0 atom stereocenters. The summed E-state index contributed by atoms with van der Waals surface area (Å²) in [7, 11) is 1.30. The fourth-order valence-electron chi connectivity index (χ4n) is 2.76. The minimum atomic E-state index is -0.489. The average molecular weight is 434 g/mol. The van der Waals surface area contributed by atoms with Crippen molar-refractivity contribution in [3.8, 4) is 0 Å². The SMILES string of the molecule is CCNC(=O)Nc1cc(Nc2cccc(C(=O)OC)c2)c(C(=O)Nc2cccnc2)cn1. The molecule has 2 aromatic heterocycles. The molecule has 2 heterocycles. The van der Waals surface area contributed by atoms with Crippen LogP contribution in [0.25, 0.3) is 0 Å². The van der Waals surface area contributed by atoms with Gasteiger partial charge in [-0.1, -0.05) is 6.07 Å². The van der Waals surface area contributed by atoms with Crippen LogP contribution in [0.5, 0.6) is 0 Å². The van der Waals surface area contributed by atoms with Crippen molar-refractivity contribution in [2.45, 2.75) is 6.92 Å². The van der Waals surface area contributed by atoms with Crippen LogP contribution in [-0.2, 0) is 4.74 Å². The Morgan fingerprint density at radius 3 is 2.53 bits per heavy atom. The van der Waals surface area contributed by atoms with E-state index in [0.29, 0.717) is 29.2 Å². The van der Waals surface area contributed by atoms with E-state index < -0.39 is 17.9 Å². The molecule has 0 aliphatic rings. The quantitative estimate of drug-likeness (QED) is 0.419. The van der Waals surface area contributed by atoms with Crippen LogP contribution in [0.4, 0.5) is 27.7 Å². The molecule has 3 rings (SSSR count). The van der Waals surface area contributed by atoms with Crippen LogP contribution in [0.15, 0.2) is 61.1 Å². The third-order valence-corrected chi connectivity index (χ3v) is 4.21. The van der Waals surface area contributed by atoms with E-state index in [4.69, 9.17) is 4.74 Å². The molecule has 1 aromatic carbocycles. The van der Waals surface area contributed by atoms with Crippen molar-refractivity contribution in [1.82, 2.24) is 15.3 Å². The number of pyridine rings is 2. The molecule has 10 heteroatoms. The fraction of sp³-hybridized carbons (Fsp3) is 0.136. The van der Waals surface area contributed by atoms with Gasteiger partial charge < -0.3 is 20.7 Å². The van der Waals surface area contributed by atoms with Crippen molar-refractivity contribution in [2.24, 2.45) is 0 Å². The van der Waals surface area contributed by atoms with Crippen molar-refractivity contribution in [3.63, 3.8) is 0 Å². The Balaban J connectivity index is 1.93. The second-order valence-corrected chi connectivity index (χ2v) is 6.49. The lowest BCUT2D eigenvalue weighted by atomic mass is 10.1. The Kier molecular flexibility index (Phi) is 7.31. The van der Waals surface area contributed by atoms with E-state index in [1.165, 1.54) is 25.6 Å². The molecule has 0 aliphatic carbocycles. The number of nitrogens with zero attached hydrogens (tertiary/aromatic N) is 2. The van der Waals surface area contributed by atoms with Crippen LogP contribution in [0.2, 0.25) is 0 Å². The summed E-state index contributed by atoms with van der Waals surface area (Å²) in [6, 6.07) is 11.1. The van der Waals surface area contributed by atoms with Gasteiger partial charge in [-0.2, -0.15) is 0 Å². The van der Waals surface area contributed by atoms with Gasteiger partial charge in [0, 0.05) is 30.7 Å². The molecule has 3 amide bonds. The Hall–Kier alpha value is -4.47. The van der Waals surface area contributed by atoms with Crippen LogP contribution in [0.3, 0.4) is 0 Å². The number of benzene rings is 1. The first-order valence-corrected chi connectivity index (χ1v) is 9.72. The summed E-state index contributed by atoms with van der Waals surface area (Å²) in [5, 5.41) is 11.1. The number of carbonyl (C=O) groups is 3. The van der Waals surface area contributed by atoms with Gasteiger partial charge in [0.2, 0.25) is 0 Å². The van der Waals surface area contributed by atoms with E-state index in [0.717, 1.165) is 0 Å². The minimum absolute atomic E-state index is 0.221. The topological polar surface area (TPSA) is 134 Å². The van der Waals surface area contributed by atoms with E-state index in [1.807, 2.05) is 0 Å². The molecule has 164 valence electrons. The molecular formula is C22H22N6O4. The van der Waals surface area contributed by atoms with Crippen molar-refractivity contribution in [3.05, 3.63) is 72.2 Å². The van der Waals surface area contributed by atoms with E-state index in [-0.39, 0.29) is 11.4 Å². The summed E-state index contributed by atoms with van der Waals surface area (Å²) in [4.78, 5) is 44.8. The van der Waals surface area contributed by atoms with E-state index >= 15 is 0 Å². The maximum Gasteiger partial charge on any atom is 0.337 e. The number of hydrogen-bond donors (Lipinski definition) is 4. The molecule has 0 spiro atoms. The second kappa shape index (κ2) is 10.5. The smallest absolute Gasteiger partial charge is 0.337 e. The molecule has 0 unspecified atom stereocenters. The van der Waals surface area contributed by atoms with Crippen molar-refractivity contribution < 1.29 is 19.1 Å². The average Bonchev–Trinajstić information content (AvgIpc) is 2.79. The highest BCUT2D eigenvalue weighted by Gasteiger charge is 2.16. The Labute approximate surface area is 184 Å². The number of esters is 1. The summed E-state index contributed by atoms with van der Waals surface area (Å²) >= 11 is 0. The molecule has 0 fully saturated rings. The van der Waals surface area contributed by atoms with Crippen LogP contribution < -0.4 is 21.3 Å². The monoisotopic (exact) mass is 434 g/mol. The zero-order chi connectivity index (χ0) is 22.9. The summed E-state index contributed by atoms with van der Waals surface area (Å²) in [5.74, 6) is -0.682. The third kappa shape index (κ3) is 5.79. The predicted octanol–water partition coefficient (Wildman–Crippen LogP) is 3.40. The first kappa shape index (κ1) is 22.2. The zero-order valence-electron chi connectivity index (χ0n) is 17.5. The van der Waals surface area contributed by atoms with Crippen molar-refractivity contribution in [2.75, 3.05) is 29.6 Å². The molecule has 0 saturated carbocycles. The number of carbonyl (C=O) groups excluding carboxylic acids is 3. The maximum atomic E-state index is 12.9. The molecule has 0 bridgehead atoms. The molecule has 10 nitrogen and oxygen atoms in total. The summed E-state index contributed by atoms with van der Waals surface area (Å²) in [6.07, 6.45) is 4.46. The highest BCUT2D eigenvalue weighted by atomic mass is 16.5. The molecule has 0 saturated heterocycles. The third-order valence-electron chi connectivity index (χ3n) is 4.21. The van der Waals surface area contributed by atoms with Gasteiger partial charge >= 0.3 is 12.0 Å². The van der Waals surface area contributed by atoms with Crippen LogP contribution in [-0.4, -0.2) is 41.5 Å². The number of nitrogens with one attached hydrogen (secondary N) is 4. The second-order valence-electron chi connectivity index (χ2n) is 6.49. The highest BCUT2D eigenvalue weighted by molar-refractivity contribution is 6.08. The lowest BCUT2D eigenvalue weighted by Crippen LogP contribution is -2.28. The molecule has 0 radical (unpaired) electrons. The van der Waals surface area contributed by atoms with Crippen LogP contribution in [0, 0.1) is 0 Å².